The van der Waals surface area contributed by atoms with E-state index in [1.54, 1.807) is 0 Å². The van der Waals surface area contributed by atoms with E-state index in [1.165, 1.54) is 47.9 Å². The maximum Gasteiger partial charge on any atom is 0.107 e. The molecule has 108 valence electrons. The van der Waals surface area contributed by atoms with Gasteiger partial charge in [0.15, 0.2) is 0 Å². The number of aromatic nitrogens is 1. The Labute approximate surface area is 121 Å². The Balaban J connectivity index is 2.00. The molecule has 1 aromatic heterocycles. The SMILES string of the molecule is CCCc1nc(CN2CCCC2)sc1CNC(C)C. The van der Waals surface area contributed by atoms with Gasteiger partial charge in [-0.2, -0.15) is 0 Å². The molecule has 2 rings (SSSR count). The molecule has 0 amide bonds. The molecule has 19 heavy (non-hydrogen) atoms. The summed E-state index contributed by atoms with van der Waals surface area (Å²) in [5.41, 5.74) is 1.33. The summed E-state index contributed by atoms with van der Waals surface area (Å²) in [6, 6.07) is 0.540. The molecule has 0 saturated carbocycles. The van der Waals surface area contributed by atoms with Crippen LogP contribution in [-0.4, -0.2) is 29.0 Å². The molecule has 0 unspecified atom stereocenters. The quantitative estimate of drug-likeness (QED) is 0.832. The van der Waals surface area contributed by atoms with Crippen LogP contribution < -0.4 is 5.32 Å². The summed E-state index contributed by atoms with van der Waals surface area (Å²) >= 11 is 1.91. The monoisotopic (exact) mass is 281 g/mol. The largest absolute Gasteiger partial charge is 0.310 e. The van der Waals surface area contributed by atoms with Crippen molar-refractivity contribution in [2.75, 3.05) is 13.1 Å². The molecule has 1 aliphatic heterocycles. The van der Waals surface area contributed by atoms with E-state index in [0.29, 0.717) is 6.04 Å². The summed E-state index contributed by atoms with van der Waals surface area (Å²) in [5.74, 6) is 0. The van der Waals surface area contributed by atoms with Crippen LogP contribution >= 0.6 is 11.3 Å². The highest BCUT2D eigenvalue weighted by Gasteiger charge is 2.16. The van der Waals surface area contributed by atoms with Gasteiger partial charge >= 0.3 is 0 Å². The molecule has 1 N–H and O–H groups in total. The van der Waals surface area contributed by atoms with Gasteiger partial charge in [-0.3, -0.25) is 4.90 Å². The van der Waals surface area contributed by atoms with Crippen LogP contribution in [0.4, 0.5) is 0 Å². The van der Waals surface area contributed by atoms with Crippen molar-refractivity contribution in [1.82, 2.24) is 15.2 Å². The molecule has 0 bridgehead atoms. The van der Waals surface area contributed by atoms with Gasteiger partial charge in [0.05, 0.1) is 12.2 Å². The van der Waals surface area contributed by atoms with E-state index in [2.05, 4.69) is 31.0 Å². The highest BCUT2D eigenvalue weighted by atomic mass is 32.1. The number of likely N-dealkylation sites (tertiary alicyclic amines) is 1. The van der Waals surface area contributed by atoms with E-state index in [0.717, 1.165) is 19.5 Å². The molecule has 1 aromatic rings. The van der Waals surface area contributed by atoms with Crippen LogP contribution in [0.25, 0.3) is 0 Å². The minimum Gasteiger partial charge on any atom is -0.310 e. The van der Waals surface area contributed by atoms with Crippen molar-refractivity contribution in [2.45, 2.75) is 65.6 Å². The number of hydrogen-bond donors (Lipinski definition) is 1. The van der Waals surface area contributed by atoms with E-state index in [9.17, 15) is 0 Å². The molecular formula is C15H27N3S. The molecule has 0 aliphatic carbocycles. The van der Waals surface area contributed by atoms with Crippen LogP contribution in [0.15, 0.2) is 0 Å². The fraction of sp³-hybridized carbons (Fsp3) is 0.800. The predicted molar refractivity (Wildman–Crippen MR) is 82.6 cm³/mol. The fourth-order valence-electron chi connectivity index (χ4n) is 2.50. The van der Waals surface area contributed by atoms with Crippen LogP contribution in [0.2, 0.25) is 0 Å². The van der Waals surface area contributed by atoms with Gasteiger partial charge in [-0.05, 0) is 32.4 Å². The molecule has 4 heteroatoms. The molecule has 3 nitrogen and oxygen atoms in total. The van der Waals surface area contributed by atoms with Crippen molar-refractivity contribution in [3.8, 4) is 0 Å². The van der Waals surface area contributed by atoms with E-state index in [-0.39, 0.29) is 0 Å². The lowest BCUT2D eigenvalue weighted by Crippen LogP contribution is -2.21. The minimum atomic E-state index is 0.540. The van der Waals surface area contributed by atoms with Gasteiger partial charge in [0.2, 0.25) is 0 Å². The first kappa shape index (κ1) is 14.9. The second-order valence-corrected chi connectivity index (χ2v) is 6.91. The summed E-state index contributed by atoms with van der Waals surface area (Å²) < 4.78 is 0. The lowest BCUT2D eigenvalue weighted by Gasteiger charge is -2.11. The van der Waals surface area contributed by atoms with Crippen LogP contribution in [0.1, 0.15) is 55.6 Å². The van der Waals surface area contributed by atoms with E-state index >= 15 is 0 Å². The molecule has 1 aliphatic rings. The Kier molecular flexibility index (Phi) is 5.79. The first-order valence-corrected chi connectivity index (χ1v) is 8.44. The number of rotatable bonds is 7. The second kappa shape index (κ2) is 7.36. The number of hydrogen-bond acceptors (Lipinski definition) is 4. The predicted octanol–water partition coefficient (Wildman–Crippen LogP) is 3.19. The van der Waals surface area contributed by atoms with Crippen molar-refractivity contribution in [2.24, 2.45) is 0 Å². The van der Waals surface area contributed by atoms with Gasteiger partial charge in [-0.1, -0.05) is 27.2 Å². The lowest BCUT2D eigenvalue weighted by molar-refractivity contribution is 0.330. The topological polar surface area (TPSA) is 28.2 Å². The third-order valence-corrected chi connectivity index (χ3v) is 4.62. The number of nitrogens with zero attached hydrogens (tertiary/aromatic N) is 2. The number of thiazole rings is 1. The highest BCUT2D eigenvalue weighted by molar-refractivity contribution is 7.11. The third-order valence-electron chi connectivity index (χ3n) is 3.54. The molecule has 0 spiro atoms. The zero-order valence-corrected chi connectivity index (χ0v) is 13.4. The summed E-state index contributed by atoms with van der Waals surface area (Å²) in [5, 5.41) is 4.84. The first-order valence-electron chi connectivity index (χ1n) is 7.62. The van der Waals surface area contributed by atoms with Crippen LogP contribution in [0.5, 0.6) is 0 Å². The summed E-state index contributed by atoms with van der Waals surface area (Å²) in [4.78, 5) is 8.86. The summed E-state index contributed by atoms with van der Waals surface area (Å²) in [6.07, 6.45) is 5.01. The van der Waals surface area contributed by atoms with E-state index in [4.69, 9.17) is 4.98 Å². The first-order chi connectivity index (χ1) is 9.19. The zero-order chi connectivity index (χ0) is 13.7. The van der Waals surface area contributed by atoms with Crippen molar-refractivity contribution >= 4 is 11.3 Å². The van der Waals surface area contributed by atoms with E-state index in [1.807, 2.05) is 11.3 Å². The standard InChI is InChI=1S/C15H27N3S/c1-4-7-13-14(10-16-12(2)3)19-15(17-13)11-18-8-5-6-9-18/h12,16H,4-11H2,1-3H3. The number of nitrogens with one attached hydrogen (secondary N) is 1. The Morgan fingerprint density at radius 2 is 2.05 bits per heavy atom. The molecule has 0 radical (unpaired) electrons. The number of aryl methyl sites for hydroxylation is 1. The minimum absolute atomic E-state index is 0.540. The van der Waals surface area contributed by atoms with Gasteiger partial charge < -0.3 is 5.32 Å². The Morgan fingerprint density at radius 3 is 2.68 bits per heavy atom. The molecule has 2 heterocycles. The normalized spacial score (nSPS) is 16.6. The van der Waals surface area contributed by atoms with Crippen molar-refractivity contribution in [3.05, 3.63) is 15.6 Å². The van der Waals surface area contributed by atoms with Gasteiger partial charge in [-0.15, -0.1) is 11.3 Å². The Hall–Kier alpha value is -0.450. The highest BCUT2D eigenvalue weighted by Crippen LogP contribution is 2.23. The summed E-state index contributed by atoms with van der Waals surface area (Å²) in [7, 11) is 0. The average molecular weight is 281 g/mol. The second-order valence-electron chi connectivity index (χ2n) is 5.75. The van der Waals surface area contributed by atoms with Crippen LogP contribution in [-0.2, 0) is 19.5 Å². The summed E-state index contributed by atoms with van der Waals surface area (Å²) in [6.45, 7) is 11.2. The lowest BCUT2D eigenvalue weighted by atomic mass is 10.2. The Bertz CT molecular complexity index is 381. The zero-order valence-electron chi connectivity index (χ0n) is 12.5. The van der Waals surface area contributed by atoms with Crippen molar-refractivity contribution < 1.29 is 0 Å². The third kappa shape index (κ3) is 4.55. The fourth-order valence-corrected chi connectivity index (χ4v) is 3.61. The van der Waals surface area contributed by atoms with E-state index < -0.39 is 0 Å². The van der Waals surface area contributed by atoms with Crippen molar-refractivity contribution in [1.29, 1.82) is 0 Å². The van der Waals surface area contributed by atoms with Crippen LogP contribution in [0.3, 0.4) is 0 Å². The molecule has 1 saturated heterocycles. The Morgan fingerprint density at radius 1 is 1.32 bits per heavy atom. The average Bonchev–Trinajstić information content (AvgIpc) is 2.98. The van der Waals surface area contributed by atoms with Gasteiger partial charge in [0.1, 0.15) is 5.01 Å². The molecular weight excluding hydrogens is 254 g/mol. The molecule has 0 aromatic carbocycles. The van der Waals surface area contributed by atoms with Crippen molar-refractivity contribution in [3.63, 3.8) is 0 Å². The molecule has 0 atom stereocenters. The smallest absolute Gasteiger partial charge is 0.107 e. The van der Waals surface area contributed by atoms with Gasteiger partial charge in [0, 0.05) is 17.5 Å². The molecule has 1 fully saturated rings. The van der Waals surface area contributed by atoms with Gasteiger partial charge in [-0.25, -0.2) is 4.98 Å². The van der Waals surface area contributed by atoms with Gasteiger partial charge in [0.25, 0.3) is 0 Å². The van der Waals surface area contributed by atoms with Crippen LogP contribution in [0, 0.1) is 0 Å². The maximum absolute atomic E-state index is 4.88. The maximum atomic E-state index is 4.88.